The third kappa shape index (κ3) is 5.14. The second kappa shape index (κ2) is 10.2. The Kier molecular flexibility index (Phi) is 8.23. The normalized spacial score (nSPS) is 21.4. The molecule has 0 radical (unpaired) electrons. The molecule has 1 aromatic rings. The first kappa shape index (κ1) is 21.0. The molecular weight excluding hydrogens is 447 g/mol. The summed E-state index contributed by atoms with van der Waals surface area (Å²) in [7, 11) is 3.42. The SMILES string of the molecule is CN=C(NCc1cc(OC)ccc1O)N1CCC(N2CCOCC2)C1.I. The standard InChI is InChI=1S/C18H28N4O3.HI/c1-19-18(20-12-14-11-16(24-2)3-4-17(14)23)22-6-5-15(13-22)21-7-9-25-10-8-21;/h3-4,11,15,23H,5-10,12-13H2,1-2H3,(H,19,20);1H. The van der Waals surface area contributed by atoms with Crippen molar-refractivity contribution in [2.24, 2.45) is 4.99 Å². The lowest BCUT2D eigenvalue weighted by Crippen LogP contribution is -2.46. The van der Waals surface area contributed by atoms with Crippen molar-refractivity contribution in [3.05, 3.63) is 23.8 Å². The summed E-state index contributed by atoms with van der Waals surface area (Å²) in [5.74, 6) is 1.87. The molecule has 1 atom stereocenters. The van der Waals surface area contributed by atoms with Gasteiger partial charge in [0.1, 0.15) is 11.5 Å². The van der Waals surface area contributed by atoms with E-state index in [4.69, 9.17) is 9.47 Å². The van der Waals surface area contributed by atoms with Gasteiger partial charge in [-0.2, -0.15) is 0 Å². The van der Waals surface area contributed by atoms with Crippen molar-refractivity contribution in [2.45, 2.75) is 19.0 Å². The van der Waals surface area contributed by atoms with E-state index in [9.17, 15) is 5.11 Å². The van der Waals surface area contributed by atoms with Crippen molar-refractivity contribution in [2.75, 3.05) is 53.6 Å². The van der Waals surface area contributed by atoms with Crippen LogP contribution >= 0.6 is 24.0 Å². The van der Waals surface area contributed by atoms with Crippen LogP contribution < -0.4 is 10.1 Å². The maximum atomic E-state index is 10.0. The Balaban J connectivity index is 0.00000243. The third-order valence-electron chi connectivity index (χ3n) is 4.96. The van der Waals surface area contributed by atoms with Gasteiger partial charge in [0, 0.05) is 51.4 Å². The number of phenols is 1. The number of guanidine groups is 1. The van der Waals surface area contributed by atoms with Crippen molar-refractivity contribution in [1.29, 1.82) is 0 Å². The van der Waals surface area contributed by atoms with Crippen molar-refractivity contribution in [3.8, 4) is 11.5 Å². The summed E-state index contributed by atoms with van der Waals surface area (Å²) in [5, 5.41) is 13.4. The third-order valence-corrected chi connectivity index (χ3v) is 4.96. The van der Waals surface area contributed by atoms with Gasteiger partial charge in [0.15, 0.2) is 5.96 Å². The molecule has 2 N–H and O–H groups in total. The van der Waals surface area contributed by atoms with E-state index in [0.717, 1.165) is 63.1 Å². The summed E-state index contributed by atoms with van der Waals surface area (Å²) >= 11 is 0. The minimum absolute atomic E-state index is 0. The molecule has 2 aliphatic heterocycles. The van der Waals surface area contributed by atoms with Crippen molar-refractivity contribution in [3.63, 3.8) is 0 Å². The van der Waals surface area contributed by atoms with Crippen LogP contribution in [0, 0.1) is 0 Å². The van der Waals surface area contributed by atoms with Gasteiger partial charge in [0.05, 0.1) is 20.3 Å². The van der Waals surface area contributed by atoms with Crippen LogP contribution in [-0.4, -0.2) is 80.5 Å². The molecule has 8 heteroatoms. The lowest BCUT2D eigenvalue weighted by molar-refractivity contribution is 0.0195. The van der Waals surface area contributed by atoms with Crippen LogP contribution in [0.25, 0.3) is 0 Å². The molecule has 0 bridgehead atoms. The number of halogens is 1. The molecule has 2 aliphatic rings. The number of rotatable bonds is 4. The number of morpholine rings is 1. The van der Waals surface area contributed by atoms with Crippen LogP contribution in [0.5, 0.6) is 11.5 Å². The van der Waals surface area contributed by atoms with Gasteiger partial charge in [0.2, 0.25) is 0 Å². The topological polar surface area (TPSA) is 69.6 Å². The first-order valence-corrected chi connectivity index (χ1v) is 8.84. The summed E-state index contributed by atoms with van der Waals surface area (Å²) in [6.45, 7) is 6.17. The Morgan fingerprint density at radius 1 is 1.35 bits per heavy atom. The second-order valence-electron chi connectivity index (χ2n) is 6.43. The minimum Gasteiger partial charge on any atom is -0.508 e. The molecule has 1 unspecified atom stereocenters. The smallest absolute Gasteiger partial charge is 0.193 e. The Labute approximate surface area is 172 Å². The van der Waals surface area contributed by atoms with Crippen molar-refractivity contribution in [1.82, 2.24) is 15.1 Å². The molecule has 1 aromatic carbocycles. The Hall–Kier alpha value is -1.26. The number of nitrogens with one attached hydrogen (secondary N) is 1. The predicted octanol–water partition coefficient (Wildman–Crippen LogP) is 1.50. The van der Waals surface area contributed by atoms with E-state index in [0.29, 0.717) is 12.6 Å². The van der Waals surface area contributed by atoms with Crippen LogP contribution in [-0.2, 0) is 11.3 Å². The molecule has 2 fully saturated rings. The fourth-order valence-electron chi connectivity index (χ4n) is 3.51. The number of hydrogen-bond donors (Lipinski definition) is 2. The Morgan fingerprint density at radius 2 is 2.12 bits per heavy atom. The quantitative estimate of drug-likeness (QED) is 0.390. The van der Waals surface area contributed by atoms with Crippen molar-refractivity contribution >= 4 is 29.9 Å². The molecule has 2 saturated heterocycles. The van der Waals surface area contributed by atoms with Gasteiger partial charge in [0.25, 0.3) is 0 Å². The predicted molar refractivity (Wildman–Crippen MR) is 113 cm³/mol. The number of aromatic hydroxyl groups is 1. The summed E-state index contributed by atoms with van der Waals surface area (Å²) < 4.78 is 10.7. The van der Waals surface area contributed by atoms with E-state index in [1.807, 2.05) is 6.07 Å². The number of benzene rings is 1. The molecule has 3 rings (SSSR count). The van der Waals surface area contributed by atoms with Gasteiger partial charge in [-0.3, -0.25) is 9.89 Å². The summed E-state index contributed by atoms with van der Waals surface area (Å²) in [4.78, 5) is 9.22. The van der Waals surface area contributed by atoms with Gasteiger partial charge >= 0.3 is 0 Å². The maximum Gasteiger partial charge on any atom is 0.193 e. The summed E-state index contributed by atoms with van der Waals surface area (Å²) in [5.41, 5.74) is 0.796. The summed E-state index contributed by atoms with van der Waals surface area (Å²) in [6.07, 6.45) is 1.14. The average molecular weight is 476 g/mol. The highest BCUT2D eigenvalue weighted by atomic mass is 127. The lowest BCUT2D eigenvalue weighted by atomic mass is 10.2. The number of aliphatic imine (C=N–C) groups is 1. The highest BCUT2D eigenvalue weighted by Gasteiger charge is 2.30. The maximum absolute atomic E-state index is 10.0. The van der Waals surface area contributed by atoms with E-state index >= 15 is 0 Å². The van der Waals surface area contributed by atoms with Crippen molar-refractivity contribution < 1.29 is 14.6 Å². The zero-order chi connectivity index (χ0) is 17.6. The number of hydrogen-bond acceptors (Lipinski definition) is 5. The van der Waals surface area contributed by atoms with Gasteiger partial charge in [-0.1, -0.05) is 0 Å². The number of likely N-dealkylation sites (tertiary alicyclic amines) is 1. The van der Waals surface area contributed by atoms with Gasteiger partial charge in [-0.25, -0.2) is 0 Å². The van der Waals surface area contributed by atoms with Gasteiger partial charge < -0.3 is 24.8 Å². The van der Waals surface area contributed by atoms with E-state index < -0.39 is 0 Å². The summed E-state index contributed by atoms with van der Waals surface area (Å²) in [6, 6.07) is 5.81. The number of nitrogens with zero attached hydrogens (tertiary/aromatic N) is 3. The number of phenolic OH excluding ortho intramolecular Hbond substituents is 1. The zero-order valence-electron chi connectivity index (χ0n) is 15.5. The molecule has 0 aromatic heterocycles. The van der Waals surface area contributed by atoms with Crippen LogP contribution in [0.4, 0.5) is 0 Å². The zero-order valence-corrected chi connectivity index (χ0v) is 17.8. The van der Waals surface area contributed by atoms with Crippen LogP contribution in [0.3, 0.4) is 0 Å². The first-order chi connectivity index (χ1) is 12.2. The molecule has 7 nitrogen and oxygen atoms in total. The minimum atomic E-state index is 0. The lowest BCUT2D eigenvalue weighted by Gasteiger charge is -2.32. The molecule has 2 heterocycles. The van der Waals surface area contributed by atoms with Crippen LogP contribution in [0.15, 0.2) is 23.2 Å². The molecule has 146 valence electrons. The number of methoxy groups -OCH3 is 1. The average Bonchev–Trinajstić information content (AvgIpc) is 3.14. The Bertz CT molecular complexity index is 608. The monoisotopic (exact) mass is 476 g/mol. The fourth-order valence-corrected chi connectivity index (χ4v) is 3.51. The molecule has 0 saturated carbocycles. The van der Waals surface area contributed by atoms with E-state index in [-0.39, 0.29) is 29.7 Å². The highest BCUT2D eigenvalue weighted by molar-refractivity contribution is 14.0. The van der Waals surface area contributed by atoms with Crippen LogP contribution in [0.2, 0.25) is 0 Å². The molecule has 26 heavy (non-hydrogen) atoms. The van der Waals surface area contributed by atoms with Crippen LogP contribution in [0.1, 0.15) is 12.0 Å². The van der Waals surface area contributed by atoms with E-state index in [2.05, 4.69) is 20.1 Å². The molecule has 0 amide bonds. The molecular formula is C18H29IN4O3. The van der Waals surface area contributed by atoms with Gasteiger partial charge in [-0.15, -0.1) is 24.0 Å². The Morgan fingerprint density at radius 3 is 2.81 bits per heavy atom. The fraction of sp³-hybridized carbons (Fsp3) is 0.611. The first-order valence-electron chi connectivity index (χ1n) is 8.84. The molecule has 0 spiro atoms. The van der Waals surface area contributed by atoms with E-state index in [1.54, 1.807) is 26.3 Å². The second-order valence-corrected chi connectivity index (χ2v) is 6.43. The largest absolute Gasteiger partial charge is 0.508 e. The highest BCUT2D eigenvalue weighted by Crippen LogP contribution is 2.23. The number of ether oxygens (including phenoxy) is 2. The van der Waals surface area contributed by atoms with Gasteiger partial charge in [-0.05, 0) is 24.6 Å². The molecule has 0 aliphatic carbocycles. The van der Waals surface area contributed by atoms with E-state index in [1.165, 1.54) is 0 Å².